The summed E-state index contributed by atoms with van der Waals surface area (Å²) >= 11 is 0. The Balaban J connectivity index is 1.57. The van der Waals surface area contributed by atoms with Crippen LogP contribution in [0.1, 0.15) is 36.8 Å². The molecule has 1 atom stereocenters. The van der Waals surface area contributed by atoms with Crippen LogP contribution in [0.2, 0.25) is 0 Å². The molecule has 2 aromatic rings. The van der Waals surface area contributed by atoms with E-state index in [1.807, 2.05) is 18.2 Å². The molecule has 0 bridgehead atoms. The molecule has 1 aliphatic heterocycles. The van der Waals surface area contributed by atoms with E-state index < -0.39 is 0 Å². The Morgan fingerprint density at radius 3 is 2.79 bits per heavy atom. The molecule has 0 spiro atoms. The highest BCUT2D eigenvalue weighted by Crippen LogP contribution is 2.24. The Hall–Kier alpha value is -2.28. The summed E-state index contributed by atoms with van der Waals surface area (Å²) in [6.07, 6.45) is 7.11. The first kappa shape index (κ1) is 16.6. The second-order valence-electron chi connectivity index (χ2n) is 5.93. The fourth-order valence-electron chi connectivity index (χ4n) is 3.04. The van der Waals surface area contributed by atoms with Crippen molar-refractivity contribution in [2.24, 2.45) is 4.99 Å². The van der Waals surface area contributed by atoms with Gasteiger partial charge >= 0.3 is 0 Å². The van der Waals surface area contributed by atoms with E-state index in [4.69, 9.17) is 8.94 Å². The van der Waals surface area contributed by atoms with E-state index >= 15 is 0 Å². The first-order valence-corrected chi connectivity index (χ1v) is 8.48. The van der Waals surface area contributed by atoms with Crippen molar-refractivity contribution >= 4 is 5.96 Å². The topological polar surface area (TPSA) is 78.8 Å². The van der Waals surface area contributed by atoms with Crippen molar-refractivity contribution in [2.45, 2.75) is 31.8 Å². The summed E-state index contributed by atoms with van der Waals surface area (Å²) in [5.74, 6) is 1.74. The van der Waals surface area contributed by atoms with Gasteiger partial charge in [0.15, 0.2) is 5.96 Å². The van der Waals surface area contributed by atoms with Gasteiger partial charge in [-0.2, -0.15) is 0 Å². The van der Waals surface area contributed by atoms with Crippen molar-refractivity contribution in [1.82, 2.24) is 20.7 Å². The van der Waals surface area contributed by atoms with Gasteiger partial charge in [-0.1, -0.05) is 11.6 Å². The lowest BCUT2D eigenvalue weighted by Gasteiger charge is -2.33. The van der Waals surface area contributed by atoms with Crippen LogP contribution in [0.5, 0.6) is 0 Å². The van der Waals surface area contributed by atoms with Gasteiger partial charge in [0.1, 0.15) is 17.7 Å². The van der Waals surface area contributed by atoms with Gasteiger partial charge in [0.25, 0.3) is 0 Å². The lowest BCUT2D eigenvalue weighted by atomic mass is 10.1. The van der Waals surface area contributed by atoms with Gasteiger partial charge in [-0.25, -0.2) is 0 Å². The second-order valence-corrected chi connectivity index (χ2v) is 5.93. The van der Waals surface area contributed by atoms with Crippen molar-refractivity contribution in [3.63, 3.8) is 0 Å². The van der Waals surface area contributed by atoms with E-state index in [1.165, 1.54) is 19.3 Å². The molecule has 3 heterocycles. The average Bonchev–Trinajstić information content (AvgIpc) is 3.32. The van der Waals surface area contributed by atoms with Crippen LogP contribution in [0, 0.1) is 0 Å². The second kappa shape index (κ2) is 8.54. The maximum absolute atomic E-state index is 5.67. The van der Waals surface area contributed by atoms with Crippen LogP contribution in [0.3, 0.4) is 0 Å². The van der Waals surface area contributed by atoms with Gasteiger partial charge in [-0.3, -0.25) is 9.89 Å². The van der Waals surface area contributed by atoms with E-state index in [2.05, 4.69) is 25.7 Å². The lowest BCUT2D eigenvalue weighted by Crippen LogP contribution is -2.44. The Labute approximate surface area is 142 Å². The van der Waals surface area contributed by atoms with Crippen LogP contribution in [-0.2, 0) is 6.54 Å². The standard InChI is InChI=1S/C17H25N5O2/c1-18-17(19-12-14-7-11-24-21-14)20-13-15(16-6-5-10-23-16)22-8-3-2-4-9-22/h5-7,10-11,15H,2-4,8-9,12-13H2,1H3,(H2,18,19,20). The maximum Gasteiger partial charge on any atom is 0.191 e. The molecule has 130 valence electrons. The summed E-state index contributed by atoms with van der Waals surface area (Å²) in [5.41, 5.74) is 0.844. The molecule has 7 nitrogen and oxygen atoms in total. The number of guanidine groups is 1. The average molecular weight is 331 g/mol. The predicted molar refractivity (Wildman–Crippen MR) is 91.6 cm³/mol. The van der Waals surface area contributed by atoms with Gasteiger partial charge in [0.05, 0.1) is 18.8 Å². The van der Waals surface area contributed by atoms with Gasteiger partial charge < -0.3 is 19.6 Å². The van der Waals surface area contributed by atoms with Gasteiger partial charge in [-0.05, 0) is 38.1 Å². The summed E-state index contributed by atoms with van der Waals surface area (Å²) < 4.78 is 10.5. The molecule has 1 saturated heterocycles. The van der Waals surface area contributed by atoms with E-state index in [1.54, 1.807) is 19.6 Å². The van der Waals surface area contributed by atoms with Crippen LogP contribution in [0.15, 0.2) is 44.7 Å². The zero-order valence-electron chi connectivity index (χ0n) is 14.1. The van der Waals surface area contributed by atoms with Crippen molar-refractivity contribution in [3.05, 3.63) is 42.2 Å². The molecule has 0 aliphatic carbocycles. The summed E-state index contributed by atoms with van der Waals surface area (Å²) in [6, 6.07) is 6.04. The number of likely N-dealkylation sites (tertiary alicyclic amines) is 1. The molecule has 0 aromatic carbocycles. The lowest BCUT2D eigenvalue weighted by molar-refractivity contribution is 0.146. The minimum atomic E-state index is 0.214. The number of piperidine rings is 1. The first-order valence-electron chi connectivity index (χ1n) is 8.48. The van der Waals surface area contributed by atoms with E-state index in [-0.39, 0.29) is 6.04 Å². The first-order chi connectivity index (χ1) is 11.9. The minimum Gasteiger partial charge on any atom is -0.468 e. The molecule has 2 N–H and O–H groups in total. The van der Waals surface area contributed by atoms with Gasteiger partial charge in [0, 0.05) is 19.7 Å². The minimum absolute atomic E-state index is 0.214. The molecule has 7 heteroatoms. The molecule has 2 aromatic heterocycles. The number of rotatable bonds is 6. The highest BCUT2D eigenvalue weighted by molar-refractivity contribution is 5.79. The fraction of sp³-hybridized carbons (Fsp3) is 0.529. The summed E-state index contributed by atoms with van der Waals surface area (Å²) in [5, 5.41) is 10.5. The van der Waals surface area contributed by atoms with Crippen LogP contribution in [0.25, 0.3) is 0 Å². The number of nitrogens with zero attached hydrogens (tertiary/aromatic N) is 3. The molecule has 0 radical (unpaired) electrons. The third kappa shape index (κ3) is 4.38. The van der Waals surface area contributed by atoms with Crippen molar-refractivity contribution in [1.29, 1.82) is 0 Å². The van der Waals surface area contributed by atoms with Crippen molar-refractivity contribution in [2.75, 3.05) is 26.7 Å². The third-order valence-corrected chi connectivity index (χ3v) is 4.32. The summed E-state index contributed by atoms with van der Waals surface area (Å²) in [6.45, 7) is 3.54. The molecular weight excluding hydrogens is 306 g/mol. The molecule has 1 unspecified atom stereocenters. The van der Waals surface area contributed by atoms with Gasteiger partial charge in [0.2, 0.25) is 0 Å². The molecule has 3 rings (SSSR count). The number of aromatic nitrogens is 1. The summed E-state index contributed by atoms with van der Waals surface area (Å²) in [4.78, 5) is 6.76. The third-order valence-electron chi connectivity index (χ3n) is 4.32. The SMILES string of the molecule is CN=C(NCc1ccon1)NCC(c1ccco1)N1CCCCC1. The highest BCUT2D eigenvalue weighted by Gasteiger charge is 2.24. The number of furan rings is 1. The zero-order valence-corrected chi connectivity index (χ0v) is 14.1. The predicted octanol–water partition coefficient (Wildman–Crippen LogP) is 2.16. The molecule has 0 amide bonds. The van der Waals surface area contributed by atoms with Crippen molar-refractivity contribution in [3.8, 4) is 0 Å². The van der Waals surface area contributed by atoms with Crippen LogP contribution >= 0.6 is 0 Å². The smallest absolute Gasteiger partial charge is 0.191 e. The summed E-state index contributed by atoms with van der Waals surface area (Å²) in [7, 11) is 1.76. The highest BCUT2D eigenvalue weighted by atomic mass is 16.5. The largest absolute Gasteiger partial charge is 0.468 e. The monoisotopic (exact) mass is 331 g/mol. The van der Waals surface area contributed by atoms with Crippen LogP contribution < -0.4 is 10.6 Å². The number of hydrogen-bond donors (Lipinski definition) is 2. The Kier molecular flexibility index (Phi) is 5.90. The molecule has 0 saturated carbocycles. The maximum atomic E-state index is 5.67. The fourth-order valence-corrected chi connectivity index (χ4v) is 3.04. The van der Waals surface area contributed by atoms with Crippen LogP contribution in [0.4, 0.5) is 0 Å². The molecule has 1 fully saturated rings. The Morgan fingerprint density at radius 1 is 1.25 bits per heavy atom. The number of aliphatic imine (C=N–C) groups is 1. The van der Waals surface area contributed by atoms with E-state index in [0.717, 1.165) is 37.0 Å². The number of hydrogen-bond acceptors (Lipinski definition) is 5. The quantitative estimate of drug-likeness (QED) is 0.624. The van der Waals surface area contributed by atoms with E-state index in [9.17, 15) is 0 Å². The van der Waals surface area contributed by atoms with Crippen LogP contribution in [-0.4, -0.2) is 42.7 Å². The molecular formula is C17H25N5O2. The Bertz CT molecular complexity index is 603. The zero-order chi connectivity index (χ0) is 16.6. The molecule has 24 heavy (non-hydrogen) atoms. The number of nitrogens with one attached hydrogen (secondary N) is 2. The van der Waals surface area contributed by atoms with Gasteiger partial charge in [-0.15, -0.1) is 0 Å². The molecule has 1 aliphatic rings. The van der Waals surface area contributed by atoms with E-state index in [0.29, 0.717) is 6.54 Å². The van der Waals surface area contributed by atoms with Crippen molar-refractivity contribution < 1.29 is 8.94 Å². The normalized spacial score (nSPS) is 17.6. The Morgan fingerprint density at radius 2 is 2.12 bits per heavy atom.